The molecule has 4 rings (SSSR count). The Hall–Kier alpha value is -3.45. The van der Waals surface area contributed by atoms with Crippen molar-refractivity contribution in [2.75, 3.05) is 5.32 Å². The minimum atomic E-state index is -0.973. The number of carbonyl (C=O) groups is 1. The first-order valence-electron chi connectivity index (χ1n) is 12.1. The molecule has 1 heterocycles. The average molecular weight is 586 g/mol. The summed E-state index contributed by atoms with van der Waals surface area (Å²) in [7, 11) is 0. The summed E-state index contributed by atoms with van der Waals surface area (Å²) in [4.78, 5) is 11.2. The zero-order chi connectivity index (χ0) is 28.2. The van der Waals surface area contributed by atoms with E-state index < -0.39 is 5.97 Å². The standard InChI is InChI=1S/C30H27Cl3N2O4/c1-30(2,3)28-22(26(35-39-28)16-34-27-23(31)8-5-9-24(27)32)17-38-21-13-12-19(25(33)15-21)11-10-18-6-4-7-20(14-18)29(36)37/h4-15,34H,16-17H2,1-3H3,(H,36,37)/b11-10+. The second-order valence-corrected chi connectivity index (χ2v) is 11.1. The number of benzene rings is 3. The molecule has 0 atom stereocenters. The Morgan fingerprint density at radius 1 is 1.00 bits per heavy atom. The molecule has 0 aliphatic rings. The van der Waals surface area contributed by atoms with Gasteiger partial charge in [-0.05, 0) is 53.6 Å². The quantitative estimate of drug-likeness (QED) is 0.191. The van der Waals surface area contributed by atoms with Crippen molar-refractivity contribution in [2.24, 2.45) is 0 Å². The molecule has 0 saturated carbocycles. The molecule has 0 amide bonds. The molecule has 0 saturated heterocycles. The van der Waals surface area contributed by atoms with Crippen LogP contribution in [-0.2, 0) is 18.6 Å². The number of halogens is 3. The van der Waals surface area contributed by atoms with E-state index in [1.807, 2.05) is 51.1 Å². The van der Waals surface area contributed by atoms with Crippen molar-refractivity contribution in [1.29, 1.82) is 0 Å². The van der Waals surface area contributed by atoms with E-state index >= 15 is 0 Å². The molecule has 0 aliphatic heterocycles. The molecular weight excluding hydrogens is 559 g/mol. The second-order valence-electron chi connectivity index (χ2n) is 9.87. The van der Waals surface area contributed by atoms with Crippen molar-refractivity contribution in [3.8, 4) is 5.75 Å². The highest BCUT2D eigenvalue weighted by Crippen LogP contribution is 2.33. The lowest BCUT2D eigenvalue weighted by Crippen LogP contribution is -2.15. The maximum absolute atomic E-state index is 11.2. The number of carboxylic acid groups (broad SMARTS) is 1. The first-order chi connectivity index (χ1) is 18.5. The SMILES string of the molecule is CC(C)(C)c1onc(CNc2c(Cl)cccc2Cl)c1COc1ccc(/C=C/c2cccc(C(=O)O)c2)c(Cl)c1. The predicted molar refractivity (Wildman–Crippen MR) is 157 cm³/mol. The Kier molecular flexibility index (Phi) is 8.90. The molecule has 0 bridgehead atoms. The summed E-state index contributed by atoms with van der Waals surface area (Å²) >= 11 is 19.1. The predicted octanol–water partition coefficient (Wildman–Crippen LogP) is 8.99. The number of rotatable bonds is 9. The van der Waals surface area contributed by atoms with Gasteiger partial charge in [0, 0.05) is 5.41 Å². The van der Waals surface area contributed by atoms with E-state index in [1.54, 1.807) is 42.5 Å². The van der Waals surface area contributed by atoms with Gasteiger partial charge in [-0.1, -0.05) is 91.1 Å². The Morgan fingerprint density at radius 3 is 2.38 bits per heavy atom. The van der Waals surface area contributed by atoms with Gasteiger partial charge in [0.2, 0.25) is 0 Å². The third-order valence-electron chi connectivity index (χ3n) is 5.89. The molecule has 4 aromatic rings. The molecule has 0 aliphatic carbocycles. The summed E-state index contributed by atoms with van der Waals surface area (Å²) in [6.07, 6.45) is 3.64. The van der Waals surface area contributed by atoms with Gasteiger partial charge in [0.05, 0.1) is 38.4 Å². The maximum atomic E-state index is 11.2. The van der Waals surface area contributed by atoms with Crippen LogP contribution in [0.3, 0.4) is 0 Å². The molecule has 3 aromatic carbocycles. The first-order valence-corrected chi connectivity index (χ1v) is 13.3. The van der Waals surface area contributed by atoms with Crippen LogP contribution in [0.5, 0.6) is 5.75 Å². The second kappa shape index (κ2) is 12.2. The van der Waals surface area contributed by atoms with Gasteiger partial charge in [0.25, 0.3) is 0 Å². The van der Waals surface area contributed by atoms with Gasteiger partial charge in [-0.3, -0.25) is 0 Å². The van der Waals surface area contributed by atoms with Gasteiger partial charge < -0.3 is 19.7 Å². The van der Waals surface area contributed by atoms with E-state index in [-0.39, 0.29) is 17.6 Å². The monoisotopic (exact) mass is 584 g/mol. The van der Waals surface area contributed by atoms with Gasteiger partial charge >= 0.3 is 5.97 Å². The summed E-state index contributed by atoms with van der Waals surface area (Å²) in [5.74, 6) is 0.330. The summed E-state index contributed by atoms with van der Waals surface area (Å²) < 4.78 is 11.8. The number of ether oxygens (including phenoxy) is 1. The fourth-order valence-electron chi connectivity index (χ4n) is 3.91. The van der Waals surface area contributed by atoms with Crippen LogP contribution in [0.15, 0.2) is 65.2 Å². The first kappa shape index (κ1) is 28.6. The Labute approximate surface area is 242 Å². The molecule has 0 spiro atoms. The number of para-hydroxylation sites is 1. The van der Waals surface area contributed by atoms with Gasteiger partial charge in [-0.15, -0.1) is 0 Å². The molecule has 0 unspecified atom stereocenters. The van der Waals surface area contributed by atoms with Crippen molar-refractivity contribution in [3.63, 3.8) is 0 Å². The van der Waals surface area contributed by atoms with Crippen LogP contribution in [0.4, 0.5) is 5.69 Å². The highest BCUT2D eigenvalue weighted by molar-refractivity contribution is 6.39. The molecule has 1 aromatic heterocycles. The molecular formula is C30H27Cl3N2O4. The number of aromatic nitrogens is 1. The van der Waals surface area contributed by atoms with E-state index in [1.165, 1.54) is 0 Å². The molecule has 202 valence electrons. The van der Waals surface area contributed by atoms with Crippen molar-refractivity contribution in [2.45, 2.75) is 39.3 Å². The molecule has 2 N–H and O–H groups in total. The molecule has 6 nitrogen and oxygen atoms in total. The number of hydrogen-bond donors (Lipinski definition) is 2. The maximum Gasteiger partial charge on any atom is 0.335 e. The van der Waals surface area contributed by atoms with Crippen LogP contribution in [0.2, 0.25) is 15.1 Å². The largest absolute Gasteiger partial charge is 0.489 e. The highest BCUT2D eigenvalue weighted by atomic mass is 35.5. The normalized spacial score (nSPS) is 11.6. The topological polar surface area (TPSA) is 84.6 Å². The van der Waals surface area contributed by atoms with E-state index in [0.29, 0.717) is 38.7 Å². The zero-order valence-electron chi connectivity index (χ0n) is 21.6. The van der Waals surface area contributed by atoms with Crippen molar-refractivity contribution in [3.05, 3.63) is 109 Å². The number of anilines is 1. The van der Waals surface area contributed by atoms with Crippen molar-refractivity contribution < 1.29 is 19.2 Å². The number of nitrogens with one attached hydrogen (secondary N) is 1. The van der Waals surface area contributed by atoms with Gasteiger partial charge in [-0.25, -0.2) is 4.79 Å². The van der Waals surface area contributed by atoms with Gasteiger partial charge in [0.15, 0.2) is 0 Å². The summed E-state index contributed by atoms with van der Waals surface area (Å²) in [6.45, 7) is 6.70. The van der Waals surface area contributed by atoms with E-state index in [4.69, 9.17) is 44.1 Å². The molecule has 9 heteroatoms. The Morgan fingerprint density at radius 2 is 1.72 bits per heavy atom. The number of hydrogen-bond acceptors (Lipinski definition) is 5. The fraction of sp³-hybridized carbons (Fsp3) is 0.200. The lowest BCUT2D eigenvalue weighted by molar-refractivity contribution is 0.0697. The summed E-state index contributed by atoms with van der Waals surface area (Å²) in [6, 6.07) is 17.4. The molecule has 39 heavy (non-hydrogen) atoms. The van der Waals surface area contributed by atoms with Crippen molar-refractivity contribution in [1.82, 2.24) is 5.16 Å². The molecule has 0 radical (unpaired) electrons. The van der Waals surface area contributed by atoms with Crippen LogP contribution in [0, 0.1) is 0 Å². The third kappa shape index (κ3) is 7.15. The number of aromatic carboxylic acids is 1. The average Bonchev–Trinajstić information content (AvgIpc) is 3.30. The van der Waals surface area contributed by atoms with Gasteiger partial charge in [0.1, 0.15) is 23.8 Å². The minimum Gasteiger partial charge on any atom is -0.489 e. The summed E-state index contributed by atoms with van der Waals surface area (Å²) in [5, 5.41) is 18.3. The minimum absolute atomic E-state index is 0.219. The smallest absolute Gasteiger partial charge is 0.335 e. The number of carboxylic acids is 1. The Balaban J connectivity index is 1.50. The van der Waals surface area contributed by atoms with Crippen LogP contribution in [0.1, 0.15) is 59.3 Å². The van der Waals surface area contributed by atoms with E-state index in [9.17, 15) is 9.90 Å². The fourth-order valence-corrected chi connectivity index (χ4v) is 4.67. The zero-order valence-corrected chi connectivity index (χ0v) is 23.9. The third-order valence-corrected chi connectivity index (χ3v) is 6.85. The van der Waals surface area contributed by atoms with E-state index in [2.05, 4.69) is 10.5 Å². The lowest BCUT2D eigenvalue weighted by Gasteiger charge is -2.17. The van der Waals surface area contributed by atoms with Crippen LogP contribution in [-0.4, -0.2) is 16.2 Å². The number of nitrogens with zero attached hydrogens (tertiary/aromatic N) is 1. The summed E-state index contributed by atoms with van der Waals surface area (Å²) in [5.41, 5.74) is 3.59. The molecule has 0 fully saturated rings. The van der Waals surface area contributed by atoms with Crippen molar-refractivity contribution >= 4 is 58.6 Å². The van der Waals surface area contributed by atoms with Gasteiger partial charge in [-0.2, -0.15) is 0 Å². The van der Waals surface area contributed by atoms with Crippen LogP contribution in [0.25, 0.3) is 12.2 Å². The Bertz CT molecular complexity index is 1500. The van der Waals surface area contributed by atoms with Crippen LogP contribution < -0.4 is 10.1 Å². The van der Waals surface area contributed by atoms with Crippen LogP contribution >= 0.6 is 34.8 Å². The lowest BCUT2D eigenvalue weighted by atomic mass is 9.90. The highest BCUT2D eigenvalue weighted by Gasteiger charge is 2.27. The van der Waals surface area contributed by atoms with E-state index in [0.717, 1.165) is 22.5 Å².